The number of likely N-dealkylation sites (tertiary alicyclic amines) is 1. The first-order valence-corrected chi connectivity index (χ1v) is 13.5. The number of imidazole rings is 1. The lowest BCUT2D eigenvalue weighted by Gasteiger charge is -2.45. The lowest BCUT2D eigenvalue weighted by atomic mass is 9.83. The molecule has 0 radical (unpaired) electrons. The number of hydrogen-bond donors (Lipinski definition) is 2. The third-order valence-electron chi connectivity index (χ3n) is 7.99. The molecule has 208 valence electrons. The second-order valence-corrected chi connectivity index (χ2v) is 10.4. The van der Waals surface area contributed by atoms with Crippen molar-refractivity contribution in [3.05, 3.63) is 111 Å². The molecule has 3 aromatic carbocycles. The summed E-state index contributed by atoms with van der Waals surface area (Å²) in [6, 6.07) is 23.9. The van der Waals surface area contributed by atoms with Gasteiger partial charge in [0.15, 0.2) is 0 Å². The van der Waals surface area contributed by atoms with Crippen LogP contribution in [-0.4, -0.2) is 54.6 Å². The molecule has 1 aliphatic heterocycles. The van der Waals surface area contributed by atoms with Gasteiger partial charge in [0, 0.05) is 56.3 Å². The predicted molar refractivity (Wildman–Crippen MR) is 152 cm³/mol. The Morgan fingerprint density at radius 3 is 2.35 bits per heavy atom. The standard InChI is InChI=1S/C30H33N5O5/c1-2-26(33(18-21-8-4-3-5-9-21)19-22-12-14-23(15-13-22)35(39)40)24-20-32(30(37)38)17-16-27(24)34-28-11-7-6-10-25(28)31-29(34)36/h3-15,24,26-27H,2,16-20H2,1H3,(H,31,36)(H,37,38). The highest BCUT2D eigenvalue weighted by Crippen LogP contribution is 2.36. The summed E-state index contributed by atoms with van der Waals surface area (Å²) in [5.74, 6) is -0.173. The molecular weight excluding hydrogens is 510 g/mol. The Labute approximate surface area is 231 Å². The quantitative estimate of drug-likeness (QED) is 0.219. The monoisotopic (exact) mass is 543 g/mol. The summed E-state index contributed by atoms with van der Waals surface area (Å²) in [5, 5.41) is 21.1. The molecule has 5 rings (SSSR count). The van der Waals surface area contributed by atoms with Crippen LogP contribution in [0.2, 0.25) is 0 Å². The molecule has 0 bridgehead atoms. The number of para-hydroxylation sites is 2. The maximum absolute atomic E-state index is 13.3. The number of hydrogen-bond acceptors (Lipinski definition) is 5. The first kappa shape index (κ1) is 27.1. The minimum atomic E-state index is -0.963. The van der Waals surface area contributed by atoms with E-state index in [-0.39, 0.29) is 29.4 Å². The number of piperidine rings is 1. The number of nitrogens with zero attached hydrogens (tertiary/aromatic N) is 4. The first-order valence-electron chi connectivity index (χ1n) is 13.5. The topological polar surface area (TPSA) is 125 Å². The number of non-ortho nitro benzene ring substituents is 1. The van der Waals surface area contributed by atoms with Crippen molar-refractivity contribution in [1.29, 1.82) is 0 Å². The van der Waals surface area contributed by atoms with E-state index in [4.69, 9.17) is 0 Å². The molecular formula is C30H33N5O5. The highest BCUT2D eigenvalue weighted by Gasteiger charge is 2.40. The Balaban J connectivity index is 1.55. The van der Waals surface area contributed by atoms with Crippen LogP contribution in [0.5, 0.6) is 0 Å². The molecule has 0 aliphatic carbocycles. The fourth-order valence-corrected chi connectivity index (χ4v) is 6.14. The number of nitrogens with one attached hydrogen (secondary N) is 1. The molecule has 3 unspecified atom stereocenters. The number of fused-ring (bicyclic) bond motifs is 1. The Morgan fingerprint density at radius 1 is 1.05 bits per heavy atom. The lowest BCUT2D eigenvalue weighted by Crippen LogP contribution is -2.53. The second kappa shape index (κ2) is 11.7. The van der Waals surface area contributed by atoms with Crippen molar-refractivity contribution in [3.8, 4) is 0 Å². The van der Waals surface area contributed by atoms with Crippen molar-refractivity contribution >= 4 is 22.8 Å². The van der Waals surface area contributed by atoms with E-state index in [0.29, 0.717) is 32.6 Å². The number of H-pyrrole nitrogens is 1. The summed E-state index contributed by atoms with van der Waals surface area (Å²) in [6.45, 7) is 3.86. The fraction of sp³-hybridized carbons (Fsp3) is 0.333. The van der Waals surface area contributed by atoms with Crippen molar-refractivity contribution in [2.75, 3.05) is 13.1 Å². The average molecular weight is 544 g/mol. The van der Waals surface area contributed by atoms with Gasteiger partial charge >= 0.3 is 11.8 Å². The van der Waals surface area contributed by atoms with Crippen molar-refractivity contribution in [2.45, 2.75) is 44.9 Å². The largest absolute Gasteiger partial charge is 0.465 e. The first-order chi connectivity index (χ1) is 19.4. The van der Waals surface area contributed by atoms with Gasteiger partial charge in [-0.2, -0.15) is 0 Å². The van der Waals surface area contributed by atoms with Gasteiger partial charge in [-0.1, -0.05) is 61.5 Å². The van der Waals surface area contributed by atoms with Gasteiger partial charge in [-0.15, -0.1) is 0 Å². The molecule has 4 aromatic rings. The summed E-state index contributed by atoms with van der Waals surface area (Å²) in [6.07, 6.45) is 0.284. The summed E-state index contributed by atoms with van der Waals surface area (Å²) in [5.41, 5.74) is 3.44. The SMILES string of the molecule is CCC(C1CN(C(=O)O)CCC1n1c(=O)[nH]c2ccccc21)N(Cc1ccccc1)Cc1ccc([N+](=O)[O-])cc1. The van der Waals surface area contributed by atoms with E-state index in [9.17, 15) is 24.8 Å². The van der Waals surface area contributed by atoms with Gasteiger partial charge in [-0.25, -0.2) is 9.59 Å². The average Bonchev–Trinajstić information content (AvgIpc) is 3.29. The van der Waals surface area contributed by atoms with E-state index in [2.05, 4.69) is 28.9 Å². The van der Waals surface area contributed by atoms with Gasteiger partial charge < -0.3 is 15.0 Å². The molecule has 1 aliphatic rings. The van der Waals surface area contributed by atoms with Gasteiger partial charge in [-0.3, -0.25) is 19.6 Å². The van der Waals surface area contributed by atoms with E-state index in [0.717, 1.165) is 28.6 Å². The molecule has 0 spiro atoms. The molecule has 2 heterocycles. The van der Waals surface area contributed by atoms with Gasteiger partial charge in [-0.05, 0) is 36.1 Å². The van der Waals surface area contributed by atoms with Crippen LogP contribution in [0.4, 0.5) is 10.5 Å². The summed E-state index contributed by atoms with van der Waals surface area (Å²) < 4.78 is 1.81. The molecule has 1 amide bonds. The number of rotatable bonds is 9. The maximum atomic E-state index is 13.3. The number of carboxylic acid groups (broad SMARTS) is 1. The molecule has 2 N–H and O–H groups in total. The Kier molecular flexibility index (Phi) is 7.97. The van der Waals surface area contributed by atoms with Crippen molar-refractivity contribution < 1.29 is 14.8 Å². The van der Waals surface area contributed by atoms with Crippen LogP contribution >= 0.6 is 0 Å². The van der Waals surface area contributed by atoms with Crippen LogP contribution in [0.3, 0.4) is 0 Å². The summed E-state index contributed by atoms with van der Waals surface area (Å²) in [7, 11) is 0. The normalized spacial score (nSPS) is 18.2. The highest BCUT2D eigenvalue weighted by molar-refractivity contribution is 5.75. The zero-order valence-corrected chi connectivity index (χ0v) is 22.3. The van der Waals surface area contributed by atoms with Crippen LogP contribution in [-0.2, 0) is 13.1 Å². The minimum Gasteiger partial charge on any atom is -0.465 e. The van der Waals surface area contributed by atoms with E-state index in [1.54, 1.807) is 12.1 Å². The minimum absolute atomic E-state index is 0.0357. The third kappa shape index (κ3) is 5.62. The summed E-state index contributed by atoms with van der Waals surface area (Å²) >= 11 is 0. The Hall–Kier alpha value is -4.44. The van der Waals surface area contributed by atoms with Crippen LogP contribution in [0, 0.1) is 16.0 Å². The fourth-order valence-electron chi connectivity index (χ4n) is 6.14. The number of carbonyl (C=O) groups is 1. The molecule has 40 heavy (non-hydrogen) atoms. The molecule has 1 fully saturated rings. The smallest absolute Gasteiger partial charge is 0.407 e. The van der Waals surface area contributed by atoms with Gasteiger partial charge in [0.25, 0.3) is 5.69 Å². The number of aromatic amines is 1. The van der Waals surface area contributed by atoms with E-state index in [1.807, 2.05) is 47.0 Å². The lowest BCUT2D eigenvalue weighted by molar-refractivity contribution is -0.384. The maximum Gasteiger partial charge on any atom is 0.407 e. The van der Waals surface area contributed by atoms with Crippen LogP contribution in [0.1, 0.15) is 36.9 Å². The zero-order chi connectivity index (χ0) is 28.2. The van der Waals surface area contributed by atoms with Crippen LogP contribution in [0.25, 0.3) is 11.0 Å². The molecule has 0 saturated carbocycles. The second-order valence-electron chi connectivity index (χ2n) is 10.4. The highest BCUT2D eigenvalue weighted by atomic mass is 16.6. The molecule has 1 aromatic heterocycles. The van der Waals surface area contributed by atoms with Crippen LogP contribution in [0.15, 0.2) is 83.7 Å². The zero-order valence-electron chi connectivity index (χ0n) is 22.3. The van der Waals surface area contributed by atoms with E-state index in [1.165, 1.54) is 17.0 Å². The predicted octanol–water partition coefficient (Wildman–Crippen LogP) is 5.26. The Morgan fingerprint density at radius 2 is 1.70 bits per heavy atom. The van der Waals surface area contributed by atoms with Gasteiger partial charge in [0.05, 0.1) is 16.0 Å². The van der Waals surface area contributed by atoms with E-state index < -0.39 is 11.0 Å². The third-order valence-corrected chi connectivity index (χ3v) is 7.99. The van der Waals surface area contributed by atoms with Crippen LogP contribution < -0.4 is 5.69 Å². The molecule has 10 heteroatoms. The Bertz CT molecular complexity index is 1530. The molecule has 10 nitrogen and oxygen atoms in total. The number of amides is 1. The van der Waals surface area contributed by atoms with Crippen molar-refractivity contribution in [3.63, 3.8) is 0 Å². The van der Waals surface area contributed by atoms with Gasteiger partial charge in [0.2, 0.25) is 0 Å². The van der Waals surface area contributed by atoms with Crippen molar-refractivity contribution in [1.82, 2.24) is 19.4 Å². The number of aromatic nitrogens is 2. The summed E-state index contributed by atoms with van der Waals surface area (Å²) in [4.78, 5) is 42.9. The molecule has 3 atom stereocenters. The van der Waals surface area contributed by atoms with Crippen molar-refractivity contribution in [2.24, 2.45) is 5.92 Å². The molecule has 1 saturated heterocycles. The number of nitro groups is 1. The number of nitro benzene ring substituents is 1. The van der Waals surface area contributed by atoms with Gasteiger partial charge in [0.1, 0.15) is 0 Å². The van der Waals surface area contributed by atoms with E-state index >= 15 is 0 Å². The number of benzene rings is 3.